The quantitative estimate of drug-likeness (QED) is 0.850. The van der Waals surface area contributed by atoms with Gasteiger partial charge in [0.2, 0.25) is 0 Å². The molecule has 0 unspecified atom stereocenters. The summed E-state index contributed by atoms with van der Waals surface area (Å²) in [5.41, 5.74) is 5.49. The van der Waals surface area contributed by atoms with E-state index in [9.17, 15) is 13.2 Å². The fraction of sp³-hybridized carbons (Fsp3) is 0.500. The van der Waals surface area contributed by atoms with Crippen LogP contribution in [0.3, 0.4) is 0 Å². The highest BCUT2D eigenvalue weighted by Gasteiger charge is 2.33. The Morgan fingerprint density at radius 1 is 1.28 bits per heavy atom. The molecule has 0 heterocycles. The average molecular weight is 302 g/mol. The molecule has 1 aromatic rings. The Kier molecular flexibility index (Phi) is 6.47. The molecule has 1 atom stereocenters. The fourth-order valence-corrected chi connectivity index (χ4v) is 1.86. The zero-order valence-corrected chi connectivity index (χ0v) is 11.7. The van der Waals surface area contributed by atoms with Crippen molar-refractivity contribution in [3.05, 3.63) is 34.3 Å². The molecule has 104 valence electrons. The maximum Gasteiger partial charge on any atom is 0.417 e. The Hall–Kier alpha value is -0.450. The number of hydrogen-bond acceptors (Lipinski definition) is 1. The molecule has 0 spiro atoms. The van der Waals surface area contributed by atoms with E-state index in [1.165, 1.54) is 6.07 Å². The maximum atomic E-state index is 12.6. The molecule has 6 heteroatoms. The Balaban J connectivity index is 0.00000289. The molecule has 0 amide bonds. The van der Waals surface area contributed by atoms with E-state index in [4.69, 9.17) is 17.3 Å². The second-order valence-corrected chi connectivity index (χ2v) is 4.88. The van der Waals surface area contributed by atoms with E-state index >= 15 is 0 Å². The van der Waals surface area contributed by atoms with Gasteiger partial charge in [0, 0.05) is 6.04 Å². The summed E-state index contributed by atoms with van der Waals surface area (Å²) in [7, 11) is 0. The molecule has 0 saturated carbocycles. The van der Waals surface area contributed by atoms with Crippen molar-refractivity contribution in [2.75, 3.05) is 0 Å². The number of alkyl halides is 3. The molecule has 0 bridgehead atoms. The molecular weight excluding hydrogens is 286 g/mol. The van der Waals surface area contributed by atoms with Crippen LogP contribution >= 0.6 is 24.0 Å². The highest BCUT2D eigenvalue weighted by Crippen LogP contribution is 2.36. The second kappa shape index (κ2) is 6.64. The monoisotopic (exact) mass is 301 g/mol. The van der Waals surface area contributed by atoms with Gasteiger partial charge >= 0.3 is 6.18 Å². The molecular formula is C12H16Cl2F3N. The van der Waals surface area contributed by atoms with Crippen LogP contribution in [0.25, 0.3) is 0 Å². The van der Waals surface area contributed by atoms with Crippen LogP contribution in [0, 0.1) is 5.92 Å². The largest absolute Gasteiger partial charge is 0.417 e. The lowest BCUT2D eigenvalue weighted by atomic mass is 9.96. The van der Waals surface area contributed by atoms with Crippen molar-refractivity contribution < 1.29 is 13.2 Å². The Labute approximate surface area is 116 Å². The molecule has 0 saturated heterocycles. The van der Waals surface area contributed by atoms with Gasteiger partial charge in [-0.25, -0.2) is 0 Å². The molecule has 0 aliphatic rings. The minimum Gasteiger partial charge on any atom is -0.324 e. The van der Waals surface area contributed by atoms with Crippen LogP contribution in [0.4, 0.5) is 13.2 Å². The maximum absolute atomic E-state index is 12.6. The molecule has 1 aromatic carbocycles. The third kappa shape index (κ3) is 4.67. The van der Waals surface area contributed by atoms with Crippen molar-refractivity contribution in [2.45, 2.75) is 32.5 Å². The lowest BCUT2D eigenvalue weighted by Gasteiger charge is -2.17. The Morgan fingerprint density at radius 2 is 1.83 bits per heavy atom. The van der Waals surface area contributed by atoms with E-state index in [0.717, 1.165) is 6.07 Å². The molecule has 0 radical (unpaired) electrons. The van der Waals surface area contributed by atoms with Gasteiger partial charge in [-0.1, -0.05) is 31.5 Å². The Morgan fingerprint density at radius 3 is 2.28 bits per heavy atom. The van der Waals surface area contributed by atoms with Crippen LogP contribution < -0.4 is 5.73 Å². The van der Waals surface area contributed by atoms with Crippen LogP contribution in [-0.2, 0) is 6.18 Å². The minimum absolute atomic E-state index is 0. The summed E-state index contributed by atoms with van der Waals surface area (Å²) < 4.78 is 37.9. The van der Waals surface area contributed by atoms with Crippen molar-refractivity contribution in [1.82, 2.24) is 0 Å². The van der Waals surface area contributed by atoms with Gasteiger partial charge in [-0.3, -0.25) is 0 Å². The summed E-state index contributed by atoms with van der Waals surface area (Å²) in [6.07, 6.45) is -3.80. The summed E-state index contributed by atoms with van der Waals surface area (Å²) in [6.45, 7) is 3.95. The van der Waals surface area contributed by atoms with Crippen molar-refractivity contribution in [1.29, 1.82) is 0 Å². The van der Waals surface area contributed by atoms with E-state index in [2.05, 4.69) is 0 Å². The highest BCUT2D eigenvalue weighted by atomic mass is 35.5. The van der Waals surface area contributed by atoms with Gasteiger partial charge in [-0.15, -0.1) is 12.4 Å². The first kappa shape index (κ1) is 17.6. The van der Waals surface area contributed by atoms with E-state index in [0.29, 0.717) is 17.9 Å². The van der Waals surface area contributed by atoms with Crippen molar-refractivity contribution in [2.24, 2.45) is 11.7 Å². The fourth-order valence-electron chi connectivity index (χ4n) is 1.63. The van der Waals surface area contributed by atoms with Gasteiger partial charge < -0.3 is 5.73 Å². The highest BCUT2D eigenvalue weighted by molar-refractivity contribution is 6.31. The van der Waals surface area contributed by atoms with E-state index in [1.807, 2.05) is 13.8 Å². The standard InChI is InChI=1S/C12H15ClF3N.ClH/c1-7(2)5-11(17)8-3-4-10(13)9(6-8)12(14,15)16;/h3-4,6-7,11H,5,17H2,1-2H3;1H/t11-;/m0./s1. The minimum atomic E-state index is -4.44. The summed E-state index contributed by atoms with van der Waals surface area (Å²) in [6, 6.07) is 3.44. The van der Waals surface area contributed by atoms with Crippen LogP contribution in [0.1, 0.15) is 37.4 Å². The van der Waals surface area contributed by atoms with Gasteiger partial charge in [-0.05, 0) is 30.0 Å². The average Bonchev–Trinajstić information content (AvgIpc) is 2.15. The molecule has 0 aliphatic carbocycles. The molecule has 0 aliphatic heterocycles. The van der Waals surface area contributed by atoms with Gasteiger partial charge in [0.15, 0.2) is 0 Å². The first-order valence-electron chi connectivity index (χ1n) is 5.34. The van der Waals surface area contributed by atoms with E-state index in [-0.39, 0.29) is 17.4 Å². The SMILES string of the molecule is CC(C)C[C@H](N)c1ccc(Cl)c(C(F)(F)F)c1.Cl. The second-order valence-electron chi connectivity index (χ2n) is 4.47. The van der Waals surface area contributed by atoms with Crippen LogP contribution in [0.5, 0.6) is 0 Å². The van der Waals surface area contributed by atoms with Crippen molar-refractivity contribution in [3.8, 4) is 0 Å². The third-order valence-corrected chi connectivity index (χ3v) is 2.78. The number of halogens is 5. The summed E-state index contributed by atoms with van der Waals surface area (Å²) in [5, 5.41) is -0.294. The Bertz CT molecular complexity index is 391. The third-order valence-electron chi connectivity index (χ3n) is 2.45. The van der Waals surface area contributed by atoms with Crippen LogP contribution in [0.15, 0.2) is 18.2 Å². The molecule has 1 rings (SSSR count). The van der Waals surface area contributed by atoms with Crippen molar-refractivity contribution in [3.63, 3.8) is 0 Å². The first-order valence-corrected chi connectivity index (χ1v) is 5.72. The number of benzene rings is 1. The van der Waals surface area contributed by atoms with Crippen molar-refractivity contribution >= 4 is 24.0 Å². The summed E-state index contributed by atoms with van der Waals surface area (Å²) >= 11 is 5.53. The topological polar surface area (TPSA) is 26.0 Å². The van der Waals surface area contributed by atoms with Gasteiger partial charge in [-0.2, -0.15) is 13.2 Å². The van der Waals surface area contributed by atoms with E-state index < -0.39 is 17.8 Å². The van der Waals surface area contributed by atoms with Crippen LogP contribution in [-0.4, -0.2) is 0 Å². The molecule has 1 nitrogen and oxygen atoms in total. The summed E-state index contributed by atoms with van der Waals surface area (Å²) in [4.78, 5) is 0. The van der Waals surface area contributed by atoms with Crippen LogP contribution in [0.2, 0.25) is 5.02 Å². The van der Waals surface area contributed by atoms with Gasteiger partial charge in [0.1, 0.15) is 0 Å². The molecule has 0 aromatic heterocycles. The number of nitrogens with two attached hydrogens (primary N) is 1. The predicted octanol–water partition coefficient (Wildman–Crippen LogP) is 4.83. The van der Waals surface area contributed by atoms with Gasteiger partial charge in [0.25, 0.3) is 0 Å². The number of hydrogen-bond donors (Lipinski definition) is 1. The lowest BCUT2D eigenvalue weighted by Crippen LogP contribution is -2.15. The zero-order chi connectivity index (χ0) is 13.2. The van der Waals surface area contributed by atoms with E-state index in [1.54, 1.807) is 6.07 Å². The smallest absolute Gasteiger partial charge is 0.324 e. The predicted molar refractivity (Wildman–Crippen MR) is 70.1 cm³/mol. The first-order chi connectivity index (χ1) is 7.71. The molecule has 0 fully saturated rings. The van der Waals surface area contributed by atoms with Gasteiger partial charge in [0.05, 0.1) is 10.6 Å². The normalized spacial score (nSPS) is 13.3. The zero-order valence-electron chi connectivity index (χ0n) is 10.1. The molecule has 18 heavy (non-hydrogen) atoms. The molecule has 2 N–H and O–H groups in total. The lowest BCUT2D eigenvalue weighted by molar-refractivity contribution is -0.137. The number of rotatable bonds is 3. The summed E-state index contributed by atoms with van der Waals surface area (Å²) in [5.74, 6) is 0.329.